The van der Waals surface area contributed by atoms with Crippen LogP contribution in [0.3, 0.4) is 0 Å². The number of rotatable bonds is 3. The minimum atomic E-state index is -0.450. The molecule has 2 aliphatic rings. The third kappa shape index (κ3) is 4.10. The number of nitrogens with zero attached hydrogens (tertiary/aromatic N) is 2. The average molecular weight is 370 g/mol. The van der Waals surface area contributed by atoms with E-state index in [-0.39, 0.29) is 12.2 Å². The number of benzene rings is 1. The van der Waals surface area contributed by atoms with Gasteiger partial charge in [-0.2, -0.15) is 0 Å². The molecular formula is C21H26N2O4. The van der Waals surface area contributed by atoms with E-state index in [1.807, 2.05) is 49.9 Å². The highest BCUT2D eigenvalue weighted by Crippen LogP contribution is 2.40. The van der Waals surface area contributed by atoms with E-state index in [1.165, 1.54) is 0 Å². The number of fused-ring (bicyclic) bond motifs is 1. The zero-order valence-electron chi connectivity index (χ0n) is 16.1. The van der Waals surface area contributed by atoms with Crippen LogP contribution in [-0.2, 0) is 4.74 Å². The maximum Gasteiger partial charge on any atom is 0.410 e. The largest absolute Gasteiger partial charge is 0.490 e. The van der Waals surface area contributed by atoms with Crippen molar-refractivity contribution < 1.29 is 18.7 Å². The molecule has 0 bridgehead atoms. The van der Waals surface area contributed by atoms with Gasteiger partial charge in [0.2, 0.25) is 5.89 Å². The SMILES string of the molecule is CC(C)(C)OC(=O)N1C[C@H]2CC(Oc3cccc(-c4ncco4)c3)C[C@H]2C1. The van der Waals surface area contributed by atoms with Crippen molar-refractivity contribution in [3.8, 4) is 17.2 Å². The molecule has 1 aromatic carbocycles. The lowest BCUT2D eigenvalue weighted by atomic mass is 10.0. The molecule has 1 saturated heterocycles. The number of hydrogen-bond acceptors (Lipinski definition) is 5. The normalized spacial score (nSPS) is 24.7. The third-order valence-corrected chi connectivity index (χ3v) is 5.18. The summed E-state index contributed by atoms with van der Waals surface area (Å²) in [7, 11) is 0. The molecule has 144 valence electrons. The first-order valence-electron chi connectivity index (χ1n) is 9.52. The summed E-state index contributed by atoms with van der Waals surface area (Å²) in [6.45, 7) is 7.22. The number of ether oxygens (including phenoxy) is 2. The fourth-order valence-electron chi connectivity index (χ4n) is 4.08. The minimum absolute atomic E-state index is 0.181. The second-order valence-electron chi connectivity index (χ2n) is 8.48. The van der Waals surface area contributed by atoms with Gasteiger partial charge in [-0.25, -0.2) is 9.78 Å². The first kappa shape index (κ1) is 17.9. The maximum atomic E-state index is 12.3. The fourth-order valence-corrected chi connectivity index (χ4v) is 4.08. The highest BCUT2D eigenvalue weighted by molar-refractivity contribution is 5.68. The van der Waals surface area contributed by atoms with E-state index in [4.69, 9.17) is 13.9 Å². The van der Waals surface area contributed by atoms with Crippen molar-refractivity contribution in [3.63, 3.8) is 0 Å². The van der Waals surface area contributed by atoms with Crippen molar-refractivity contribution in [3.05, 3.63) is 36.7 Å². The van der Waals surface area contributed by atoms with Crippen molar-refractivity contribution in [2.24, 2.45) is 11.8 Å². The van der Waals surface area contributed by atoms with E-state index < -0.39 is 5.60 Å². The number of likely N-dealkylation sites (tertiary alicyclic amines) is 1. The van der Waals surface area contributed by atoms with Crippen molar-refractivity contribution in [2.75, 3.05) is 13.1 Å². The third-order valence-electron chi connectivity index (χ3n) is 5.18. The molecule has 6 heteroatoms. The predicted molar refractivity (Wildman–Crippen MR) is 100 cm³/mol. The van der Waals surface area contributed by atoms with Gasteiger partial charge < -0.3 is 18.8 Å². The van der Waals surface area contributed by atoms with E-state index in [2.05, 4.69) is 4.98 Å². The highest BCUT2D eigenvalue weighted by Gasteiger charge is 2.44. The predicted octanol–water partition coefficient (Wildman–Crippen LogP) is 4.37. The van der Waals surface area contributed by atoms with Gasteiger partial charge in [-0.1, -0.05) is 6.07 Å². The Kier molecular flexibility index (Phi) is 4.58. The first-order valence-corrected chi connectivity index (χ1v) is 9.52. The summed E-state index contributed by atoms with van der Waals surface area (Å²) in [6, 6.07) is 7.84. The lowest BCUT2D eigenvalue weighted by Gasteiger charge is -2.25. The Balaban J connectivity index is 1.33. The second kappa shape index (κ2) is 6.91. The molecule has 4 rings (SSSR count). The lowest BCUT2D eigenvalue weighted by molar-refractivity contribution is 0.0272. The Hall–Kier alpha value is -2.50. The Morgan fingerprint density at radius 2 is 1.96 bits per heavy atom. The molecule has 1 aliphatic carbocycles. The van der Waals surface area contributed by atoms with Crippen LogP contribution in [0.15, 0.2) is 41.1 Å². The summed E-state index contributed by atoms with van der Waals surface area (Å²) in [4.78, 5) is 18.3. The molecule has 1 aliphatic heterocycles. The van der Waals surface area contributed by atoms with Gasteiger partial charge in [0.05, 0.1) is 12.3 Å². The van der Waals surface area contributed by atoms with Crippen LogP contribution in [0.5, 0.6) is 5.75 Å². The van der Waals surface area contributed by atoms with Crippen molar-refractivity contribution in [2.45, 2.75) is 45.3 Å². The van der Waals surface area contributed by atoms with Gasteiger partial charge in [0, 0.05) is 18.7 Å². The van der Waals surface area contributed by atoms with Gasteiger partial charge in [-0.3, -0.25) is 0 Å². The molecule has 2 aromatic rings. The van der Waals surface area contributed by atoms with Gasteiger partial charge in [-0.15, -0.1) is 0 Å². The summed E-state index contributed by atoms with van der Waals surface area (Å²) >= 11 is 0. The molecular weight excluding hydrogens is 344 g/mol. The summed E-state index contributed by atoms with van der Waals surface area (Å²) in [5.41, 5.74) is 0.459. The number of oxazole rings is 1. The van der Waals surface area contributed by atoms with Crippen LogP contribution in [0.1, 0.15) is 33.6 Å². The average Bonchev–Trinajstić information content (AvgIpc) is 3.29. The maximum absolute atomic E-state index is 12.3. The van der Waals surface area contributed by atoms with E-state index in [9.17, 15) is 4.79 Å². The number of carbonyl (C=O) groups excluding carboxylic acids is 1. The molecule has 1 aromatic heterocycles. The van der Waals surface area contributed by atoms with Crippen LogP contribution in [-0.4, -0.2) is 40.8 Å². The monoisotopic (exact) mass is 370 g/mol. The fraction of sp³-hybridized carbons (Fsp3) is 0.524. The molecule has 0 N–H and O–H groups in total. The number of carbonyl (C=O) groups is 1. The zero-order chi connectivity index (χ0) is 19.0. The summed E-state index contributed by atoms with van der Waals surface area (Å²) < 4.78 is 17.1. The van der Waals surface area contributed by atoms with Crippen molar-refractivity contribution in [1.29, 1.82) is 0 Å². The van der Waals surface area contributed by atoms with Crippen LogP contribution in [0.2, 0.25) is 0 Å². The Bertz CT molecular complexity index is 783. The van der Waals surface area contributed by atoms with Gasteiger partial charge in [0.15, 0.2) is 0 Å². The van der Waals surface area contributed by atoms with Gasteiger partial charge in [-0.05, 0) is 63.6 Å². The molecule has 2 heterocycles. The van der Waals surface area contributed by atoms with Gasteiger partial charge in [0.25, 0.3) is 0 Å². The molecule has 0 spiro atoms. The second-order valence-corrected chi connectivity index (χ2v) is 8.48. The van der Waals surface area contributed by atoms with Crippen LogP contribution in [0.25, 0.3) is 11.5 Å². The number of aromatic nitrogens is 1. The van der Waals surface area contributed by atoms with Crippen LogP contribution in [0.4, 0.5) is 4.79 Å². The van der Waals surface area contributed by atoms with Crippen LogP contribution >= 0.6 is 0 Å². The quantitative estimate of drug-likeness (QED) is 0.803. The molecule has 1 unspecified atom stereocenters. The lowest BCUT2D eigenvalue weighted by Crippen LogP contribution is -2.36. The standard InChI is InChI=1S/C21H26N2O4/c1-21(2,3)27-20(24)23-12-15-10-18(11-16(15)13-23)26-17-6-4-5-14(9-17)19-22-7-8-25-19/h4-9,15-16,18H,10-13H2,1-3H3/t15-,16+,18?. The summed E-state index contributed by atoms with van der Waals surface area (Å²) in [5, 5.41) is 0. The zero-order valence-corrected chi connectivity index (χ0v) is 16.1. The number of hydrogen-bond donors (Lipinski definition) is 0. The molecule has 3 atom stereocenters. The Morgan fingerprint density at radius 3 is 2.59 bits per heavy atom. The van der Waals surface area contributed by atoms with Crippen molar-refractivity contribution in [1.82, 2.24) is 9.88 Å². The molecule has 1 saturated carbocycles. The molecule has 0 radical (unpaired) electrons. The van der Waals surface area contributed by atoms with E-state index in [1.54, 1.807) is 12.5 Å². The molecule has 27 heavy (non-hydrogen) atoms. The van der Waals surface area contributed by atoms with Crippen LogP contribution in [0, 0.1) is 11.8 Å². The molecule has 2 fully saturated rings. The van der Waals surface area contributed by atoms with Crippen molar-refractivity contribution >= 4 is 6.09 Å². The minimum Gasteiger partial charge on any atom is -0.490 e. The topological polar surface area (TPSA) is 64.8 Å². The van der Waals surface area contributed by atoms with E-state index in [0.29, 0.717) is 17.7 Å². The van der Waals surface area contributed by atoms with Gasteiger partial charge in [0.1, 0.15) is 17.6 Å². The van der Waals surface area contributed by atoms with Gasteiger partial charge >= 0.3 is 6.09 Å². The number of amides is 1. The van der Waals surface area contributed by atoms with E-state index >= 15 is 0 Å². The summed E-state index contributed by atoms with van der Waals surface area (Å²) in [6.07, 6.45) is 5.11. The van der Waals surface area contributed by atoms with E-state index in [0.717, 1.165) is 37.2 Å². The van der Waals surface area contributed by atoms with Crippen LogP contribution < -0.4 is 4.74 Å². The first-order chi connectivity index (χ1) is 12.9. The highest BCUT2D eigenvalue weighted by atomic mass is 16.6. The smallest absolute Gasteiger partial charge is 0.410 e. The Labute approximate surface area is 159 Å². The molecule has 6 nitrogen and oxygen atoms in total. The summed E-state index contributed by atoms with van der Waals surface area (Å²) in [5.74, 6) is 2.39. The molecule has 1 amide bonds. The Morgan fingerprint density at radius 1 is 1.22 bits per heavy atom.